The summed E-state index contributed by atoms with van der Waals surface area (Å²) in [6.45, 7) is 2.05. The Morgan fingerprint density at radius 1 is 1.47 bits per heavy atom. The molecule has 0 aliphatic carbocycles. The minimum Gasteiger partial charge on any atom is -0.496 e. The molecule has 0 amide bonds. The van der Waals surface area contributed by atoms with Crippen molar-refractivity contribution in [3.8, 4) is 5.75 Å². The highest BCUT2D eigenvalue weighted by atomic mass is 79.9. The molecule has 0 atom stereocenters. The summed E-state index contributed by atoms with van der Waals surface area (Å²) >= 11 is 9.49. The summed E-state index contributed by atoms with van der Waals surface area (Å²) < 4.78 is 10.8. The van der Waals surface area contributed by atoms with E-state index in [9.17, 15) is 4.79 Å². The van der Waals surface area contributed by atoms with Crippen LogP contribution >= 0.6 is 27.5 Å². The average molecular weight is 345 g/mol. The van der Waals surface area contributed by atoms with E-state index < -0.39 is 5.97 Å². The van der Waals surface area contributed by atoms with Gasteiger partial charge in [-0.15, -0.1) is 0 Å². The number of hydrogen-bond acceptors (Lipinski definition) is 4. The molecule has 0 spiro atoms. The van der Waals surface area contributed by atoms with Crippen LogP contribution in [0, 0.1) is 0 Å². The number of methoxy groups -OCH3 is 1. The Hall–Kier alpha value is -1.33. The molecule has 0 saturated carbocycles. The van der Waals surface area contributed by atoms with Crippen LogP contribution in [0.4, 0.5) is 0 Å². The van der Waals surface area contributed by atoms with Crippen molar-refractivity contribution in [3.05, 3.63) is 33.4 Å². The SMILES string of the molecule is CCOC(=O)c1cnc2c(Cl)ccc(OC)c2c1Br. The predicted octanol–water partition coefficient (Wildman–Crippen LogP) is 3.84. The van der Waals surface area contributed by atoms with Crippen LogP contribution in [0.1, 0.15) is 17.3 Å². The molecule has 0 bridgehead atoms. The summed E-state index contributed by atoms with van der Waals surface area (Å²) in [4.78, 5) is 16.0. The van der Waals surface area contributed by atoms with Gasteiger partial charge in [-0.1, -0.05) is 11.6 Å². The molecule has 6 heteroatoms. The van der Waals surface area contributed by atoms with Gasteiger partial charge in [-0.3, -0.25) is 4.98 Å². The third kappa shape index (κ3) is 2.53. The van der Waals surface area contributed by atoms with Gasteiger partial charge in [-0.2, -0.15) is 0 Å². The maximum Gasteiger partial charge on any atom is 0.340 e. The number of rotatable bonds is 3. The Bertz CT molecular complexity index is 645. The van der Waals surface area contributed by atoms with Crippen molar-refractivity contribution in [2.24, 2.45) is 0 Å². The highest BCUT2D eigenvalue weighted by Gasteiger charge is 2.18. The standard InChI is InChI=1S/C13H11BrClNO3/c1-3-19-13(17)7-6-16-12-8(15)4-5-9(18-2)10(12)11(7)14/h4-6H,3H2,1-2H3. The first-order valence-electron chi connectivity index (χ1n) is 5.58. The minimum absolute atomic E-state index is 0.302. The Balaban J connectivity index is 2.73. The van der Waals surface area contributed by atoms with Gasteiger partial charge in [0.25, 0.3) is 0 Å². The van der Waals surface area contributed by atoms with Gasteiger partial charge < -0.3 is 9.47 Å². The molecule has 0 saturated heterocycles. The normalized spacial score (nSPS) is 10.5. The number of halogens is 2. The maximum atomic E-state index is 11.8. The van der Waals surface area contributed by atoms with E-state index in [4.69, 9.17) is 21.1 Å². The first-order valence-corrected chi connectivity index (χ1v) is 6.75. The molecule has 0 aliphatic rings. The number of benzene rings is 1. The van der Waals surface area contributed by atoms with E-state index >= 15 is 0 Å². The predicted molar refractivity (Wildman–Crippen MR) is 77.0 cm³/mol. The zero-order valence-corrected chi connectivity index (χ0v) is 12.7. The van der Waals surface area contributed by atoms with Gasteiger partial charge >= 0.3 is 5.97 Å². The molecule has 0 N–H and O–H groups in total. The lowest BCUT2D eigenvalue weighted by Gasteiger charge is -2.11. The van der Waals surface area contributed by atoms with Crippen molar-refractivity contribution in [1.29, 1.82) is 0 Å². The number of nitrogens with zero attached hydrogens (tertiary/aromatic N) is 1. The quantitative estimate of drug-likeness (QED) is 0.794. The second-order valence-corrected chi connectivity index (χ2v) is 4.88. The van der Waals surface area contributed by atoms with Crippen molar-refractivity contribution >= 4 is 44.4 Å². The van der Waals surface area contributed by atoms with Crippen molar-refractivity contribution in [2.45, 2.75) is 6.92 Å². The number of hydrogen-bond donors (Lipinski definition) is 0. The minimum atomic E-state index is -0.439. The van der Waals surface area contributed by atoms with Gasteiger partial charge in [0.05, 0.1) is 35.2 Å². The first-order chi connectivity index (χ1) is 9.10. The fourth-order valence-electron chi connectivity index (χ4n) is 1.73. The van der Waals surface area contributed by atoms with Gasteiger partial charge in [0.15, 0.2) is 0 Å². The van der Waals surface area contributed by atoms with Crippen LogP contribution < -0.4 is 4.74 Å². The zero-order chi connectivity index (χ0) is 14.0. The second kappa shape index (κ2) is 5.75. The van der Waals surface area contributed by atoms with Gasteiger partial charge in [-0.25, -0.2) is 4.79 Å². The van der Waals surface area contributed by atoms with Crippen LogP contribution in [-0.4, -0.2) is 24.7 Å². The number of carbonyl (C=O) groups is 1. The Morgan fingerprint density at radius 3 is 2.84 bits per heavy atom. The lowest BCUT2D eigenvalue weighted by molar-refractivity contribution is 0.0525. The number of carbonyl (C=O) groups excluding carboxylic acids is 1. The molecule has 1 heterocycles. The molecule has 0 radical (unpaired) electrons. The van der Waals surface area contributed by atoms with E-state index in [2.05, 4.69) is 20.9 Å². The number of pyridine rings is 1. The van der Waals surface area contributed by atoms with Crippen LogP contribution in [-0.2, 0) is 4.74 Å². The van der Waals surface area contributed by atoms with E-state index in [1.807, 2.05) is 0 Å². The van der Waals surface area contributed by atoms with E-state index in [1.54, 1.807) is 26.2 Å². The van der Waals surface area contributed by atoms with E-state index in [0.717, 1.165) is 0 Å². The molecule has 0 fully saturated rings. The summed E-state index contributed by atoms with van der Waals surface area (Å²) in [5.74, 6) is 0.149. The number of esters is 1. The largest absolute Gasteiger partial charge is 0.496 e. The number of fused-ring (bicyclic) bond motifs is 1. The third-order valence-corrected chi connectivity index (χ3v) is 3.71. The van der Waals surface area contributed by atoms with E-state index in [1.165, 1.54) is 6.20 Å². The Kier molecular flexibility index (Phi) is 4.27. The van der Waals surface area contributed by atoms with Gasteiger partial charge in [0, 0.05) is 10.7 Å². The molecule has 4 nitrogen and oxygen atoms in total. The second-order valence-electron chi connectivity index (χ2n) is 3.68. The van der Waals surface area contributed by atoms with Crippen LogP contribution in [0.2, 0.25) is 5.02 Å². The van der Waals surface area contributed by atoms with Crippen molar-refractivity contribution in [2.75, 3.05) is 13.7 Å². The molecule has 1 aromatic heterocycles. The van der Waals surface area contributed by atoms with Crippen LogP contribution in [0.25, 0.3) is 10.9 Å². The number of aromatic nitrogens is 1. The Morgan fingerprint density at radius 2 is 2.21 bits per heavy atom. The summed E-state index contributed by atoms with van der Waals surface area (Å²) in [5, 5.41) is 1.15. The van der Waals surface area contributed by atoms with Gasteiger partial charge in [0.1, 0.15) is 5.75 Å². The third-order valence-electron chi connectivity index (χ3n) is 2.58. The lowest BCUT2D eigenvalue weighted by Crippen LogP contribution is -2.06. The molecular weight excluding hydrogens is 334 g/mol. The number of ether oxygens (including phenoxy) is 2. The van der Waals surface area contributed by atoms with Gasteiger partial charge in [0.2, 0.25) is 0 Å². The lowest BCUT2D eigenvalue weighted by atomic mass is 10.1. The molecule has 1 aromatic carbocycles. The van der Waals surface area contributed by atoms with E-state index in [0.29, 0.717) is 38.3 Å². The average Bonchev–Trinajstić information content (AvgIpc) is 2.40. The highest BCUT2D eigenvalue weighted by molar-refractivity contribution is 9.10. The molecule has 2 aromatic rings. The van der Waals surface area contributed by atoms with Gasteiger partial charge in [-0.05, 0) is 35.0 Å². The van der Waals surface area contributed by atoms with Crippen LogP contribution in [0.3, 0.4) is 0 Å². The summed E-state index contributed by atoms with van der Waals surface area (Å²) in [5.41, 5.74) is 0.913. The van der Waals surface area contributed by atoms with Crippen molar-refractivity contribution in [3.63, 3.8) is 0 Å². The fraction of sp³-hybridized carbons (Fsp3) is 0.231. The zero-order valence-electron chi connectivity index (χ0n) is 10.4. The maximum absolute atomic E-state index is 11.8. The molecule has 19 heavy (non-hydrogen) atoms. The first kappa shape index (κ1) is 14.1. The summed E-state index contributed by atoms with van der Waals surface area (Å²) in [6.07, 6.45) is 1.44. The monoisotopic (exact) mass is 343 g/mol. The molecular formula is C13H11BrClNO3. The summed E-state index contributed by atoms with van der Waals surface area (Å²) in [6, 6.07) is 3.43. The van der Waals surface area contributed by atoms with Crippen LogP contribution in [0.15, 0.2) is 22.8 Å². The molecule has 0 unspecified atom stereocenters. The van der Waals surface area contributed by atoms with Crippen molar-refractivity contribution in [1.82, 2.24) is 4.98 Å². The molecule has 0 aliphatic heterocycles. The summed E-state index contributed by atoms with van der Waals surface area (Å²) in [7, 11) is 1.55. The molecule has 100 valence electrons. The smallest absolute Gasteiger partial charge is 0.340 e. The Labute approximate surface area is 123 Å². The fourth-order valence-corrected chi connectivity index (χ4v) is 2.58. The van der Waals surface area contributed by atoms with E-state index in [-0.39, 0.29) is 0 Å². The highest BCUT2D eigenvalue weighted by Crippen LogP contribution is 2.37. The van der Waals surface area contributed by atoms with Crippen LogP contribution in [0.5, 0.6) is 5.75 Å². The van der Waals surface area contributed by atoms with Crippen molar-refractivity contribution < 1.29 is 14.3 Å². The topological polar surface area (TPSA) is 48.4 Å². The molecule has 2 rings (SSSR count).